The van der Waals surface area contributed by atoms with Crippen molar-refractivity contribution in [2.24, 2.45) is 0 Å². The van der Waals surface area contributed by atoms with Gasteiger partial charge in [-0.25, -0.2) is 0 Å². The summed E-state index contributed by atoms with van der Waals surface area (Å²) in [4.78, 5) is 0. The Morgan fingerprint density at radius 3 is 1.12 bits per heavy atom. The van der Waals surface area contributed by atoms with Gasteiger partial charge in [-0.2, -0.15) is 26.3 Å². The van der Waals surface area contributed by atoms with Crippen LogP contribution in [-0.2, 0) is 0 Å². The minimum atomic E-state index is -4.95. The van der Waals surface area contributed by atoms with Crippen molar-refractivity contribution in [2.75, 3.05) is 11.5 Å². The van der Waals surface area contributed by atoms with E-state index >= 15 is 0 Å². The highest BCUT2D eigenvalue weighted by Gasteiger charge is 2.77. The third kappa shape index (κ3) is 2.91. The number of rotatable bonds is 1. The lowest BCUT2D eigenvalue weighted by atomic mass is 9.78. The van der Waals surface area contributed by atoms with Crippen LogP contribution >= 0.6 is 23.5 Å². The molecule has 0 aliphatic carbocycles. The number of allylic oxidation sites excluding steroid dienone is 2. The van der Waals surface area contributed by atoms with E-state index in [9.17, 15) is 26.3 Å². The average molecular weight is 390 g/mol. The summed E-state index contributed by atoms with van der Waals surface area (Å²) in [6.07, 6.45) is -11.1. The Labute approximate surface area is 146 Å². The van der Waals surface area contributed by atoms with Gasteiger partial charge < -0.3 is 0 Å². The highest BCUT2D eigenvalue weighted by molar-refractivity contribution is 8.05. The Balaban J connectivity index is 2.70. The largest absolute Gasteiger partial charge is 0.405 e. The molecule has 2 aliphatic rings. The number of hydrogen-bond acceptors (Lipinski definition) is 2. The fourth-order valence-electron chi connectivity index (χ4n) is 3.20. The van der Waals surface area contributed by atoms with Gasteiger partial charge in [-0.15, -0.1) is 23.5 Å². The summed E-state index contributed by atoms with van der Waals surface area (Å²) in [6.45, 7) is 6.40. The Bertz CT molecular complexity index is 534. The van der Waals surface area contributed by atoms with E-state index in [1.807, 2.05) is 0 Å². The molecule has 0 aromatic rings. The lowest BCUT2D eigenvalue weighted by molar-refractivity contribution is -0.226. The van der Waals surface area contributed by atoms with Crippen molar-refractivity contribution in [1.29, 1.82) is 0 Å². The van der Waals surface area contributed by atoms with E-state index in [2.05, 4.69) is 0 Å². The fourth-order valence-corrected chi connectivity index (χ4v) is 6.78. The molecule has 0 saturated heterocycles. The minimum absolute atomic E-state index is 0.0223. The molecule has 0 fully saturated rings. The topological polar surface area (TPSA) is 0 Å². The number of thioether (sulfide) groups is 2. The van der Waals surface area contributed by atoms with Crippen molar-refractivity contribution in [3.05, 3.63) is 22.3 Å². The van der Waals surface area contributed by atoms with Gasteiger partial charge in [-0.1, -0.05) is 22.3 Å². The van der Waals surface area contributed by atoms with Gasteiger partial charge in [0.1, 0.15) is 9.49 Å². The average Bonchev–Trinajstić information content (AvgIpc) is 2.42. The van der Waals surface area contributed by atoms with Crippen molar-refractivity contribution in [3.63, 3.8) is 0 Å². The van der Waals surface area contributed by atoms with Crippen molar-refractivity contribution < 1.29 is 26.3 Å². The Kier molecular flexibility index (Phi) is 5.17. The summed E-state index contributed by atoms with van der Waals surface area (Å²) >= 11 is 0.837. The van der Waals surface area contributed by atoms with Crippen LogP contribution in [0.3, 0.4) is 0 Å². The smallest absolute Gasteiger partial charge is 0.169 e. The van der Waals surface area contributed by atoms with Crippen LogP contribution in [0.25, 0.3) is 0 Å². The monoisotopic (exact) mass is 390 g/mol. The molecule has 0 radical (unpaired) electrons. The van der Waals surface area contributed by atoms with E-state index in [1.54, 1.807) is 13.8 Å². The Morgan fingerprint density at radius 2 is 0.917 bits per heavy atom. The zero-order valence-corrected chi connectivity index (χ0v) is 15.5. The number of alkyl halides is 6. The van der Waals surface area contributed by atoms with Gasteiger partial charge in [-0.3, -0.25) is 0 Å². The summed E-state index contributed by atoms with van der Waals surface area (Å²) in [5.74, 6) is -0.0447. The summed E-state index contributed by atoms with van der Waals surface area (Å²) in [5, 5.41) is 0. The zero-order chi connectivity index (χ0) is 18.6. The van der Waals surface area contributed by atoms with Gasteiger partial charge in [0, 0.05) is 11.5 Å². The fraction of sp³-hybridized carbons (Fsp3) is 0.750. The Morgan fingerprint density at radius 1 is 0.625 bits per heavy atom. The maximum Gasteiger partial charge on any atom is 0.405 e. The standard InChI is InChI=1S/C16H20F6S2/c1-9-5-13(15(17,18)19,23-7-11(9)3)14(16(20,21)22)6-10(2)12(4)8-24-14/h5-8H2,1-4H3. The molecule has 0 N–H and O–H groups in total. The lowest BCUT2D eigenvalue weighted by Crippen LogP contribution is -2.67. The molecule has 2 unspecified atom stereocenters. The second-order valence-electron chi connectivity index (χ2n) is 6.70. The van der Waals surface area contributed by atoms with Crippen LogP contribution in [0.15, 0.2) is 22.3 Å². The van der Waals surface area contributed by atoms with Crippen LogP contribution in [-0.4, -0.2) is 33.4 Å². The van der Waals surface area contributed by atoms with Crippen molar-refractivity contribution in [2.45, 2.75) is 62.4 Å². The van der Waals surface area contributed by atoms with Crippen molar-refractivity contribution in [3.8, 4) is 0 Å². The quantitative estimate of drug-likeness (QED) is 0.368. The summed E-state index contributed by atoms with van der Waals surface area (Å²) < 4.78 is 78.9. The SMILES string of the molecule is CC1=C(C)CC(C(F)(F)F)(C2(C(F)(F)F)CC(C)=C(C)CS2)SC1. The molecule has 0 spiro atoms. The highest BCUT2D eigenvalue weighted by Crippen LogP contribution is 2.67. The van der Waals surface area contributed by atoms with Crippen LogP contribution < -0.4 is 0 Å². The first-order chi connectivity index (χ1) is 10.8. The molecule has 24 heavy (non-hydrogen) atoms. The first-order valence-corrected chi connectivity index (χ1v) is 9.46. The van der Waals surface area contributed by atoms with E-state index in [1.165, 1.54) is 13.8 Å². The second kappa shape index (κ2) is 6.18. The first kappa shape index (κ1) is 20.1. The molecule has 0 bridgehead atoms. The van der Waals surface area contributed by atoms with Crippen LogP contribution in [0, 0.1) is 0 Å². The maximum absolute atomic E-state index is 14.1. The van der Waals surface area contributed by atoms with Gasteiger partial charge >= 0.3 is 12.4 Å². The minimum Gasteiger partial charge on any atom is -0.169 e. The molecule has 2 heterocycles. The second-order valence-corrected chi connectivity index (χ2v) is 9.25. The van der Waals surface area contributed by atoms with Gasteiger partial charge in [0.2, 0.25) is 0 Å². The summed E-state index contributed by atoms with van der Waals surface area (Å²) in [5.41, 5.74) is 2.31. The summed E-state index contributed by atoms with van der Waals surface area (Å²) in [6, 6.07) is 0. The van der Waals surface area contributed by atoms with Crippen molar-refractivity contribution in [1.82, 2.24) is 0 Å². The molecule has 0 aromatic heterocycles. The zero-order valence-electron chi connectivity index (χ0n) is 13.9. The highest BCUT2D eigenvalue weighted by atomic mass is 32.2. The third-order valence-electron chi connectivity index (χ3n) is 5.12. The van der Waals surface area contributed by atoms with E-state index < -0.39 is 34.7 Å². The lowest BCUT2D eigenvalue weighted by Gasteiger charge is -2.54. The number of halogens is 6. The molecule has 0 nitrogen and oxygen atoms in total. The molecular weight excluding hydrogens is 370 g/mol. The predicted octanol–water partition coefficient (Wildman–Crippen LogP) is 6.54. The van der Waals surface area contributed by atoms with E-state index in [-0.39, 0.29) is 11.5 Å². The molecule has 138 valence electrons. The third-order valence-corrected chi connectivity index (χ3v) is 8.84. The molecule has 2 rings (SSSR count). The predicted molar refractivity (Wildman–Crippen MR) is 88.5 cm³/mol. The van der Waals surface area contributed by atoms with Crippen LogP contribution in [0.5, 0.6) is 0 Å². The normalized spacial score (nSPS) is 33.2. The maximum atomic E-state index is 14.1. The van der Waals surface area contributed by atoms with Gasteiger partial charge in [0.15, 0.2) is 0 Å². The molecule has 2 atom stereocenters. The van der Waals surface area contributed by atoms with Gasteiger partial charge in [-0.05, 0) is 40.5 Å². The molecular formula is C16H20F6S2. The molecule has 0 aromatic carbocycles. The van der Waals surface area contributed by atoms with Gasteiger partial charge in [0.25, 0.3) is 0 Å². The Hall–Kier alpha value is -0.240. The van der Waals surface area contributed by atoms with E-state index in [4.69, 9.17) is 0 Å². The van der Waals surface area contributed by atoms with Crippen LogP contribution in [0.2, 0.25) is 0 Å². The number of hydrogen-bond donors (Lipinski definition) is 0. The molecule has 0 saturated carbocycles. The van der Waals surface area contributed by atoms with Gasteiger partial charge in [0.05, 0.1) is 0 Å². The summed E-state index contributed by atoms with van der Waals surface area (Å²) in [7, 11) is 0. The molecule has 2 aliphatic heterocycles. The van der Waals surface area contributed by atoms with Crippen LogP contribution in [0.4, 0.5) is 26.3 Å². The van der Waals surface area contributed by atoms with E-state index in [0.29, 0.717) is 34.7 Å². The first-order valence-electron chi connectivity index (χ1n) is 7.49. The van der Waals surface area contributed by atoms with Crippen molar-refractivity contribution >= 4 is 23.5 Å². The molecule has 8 heteroatoms. The molecule has 0 amide bonds. The van der Waals surface area contributed by atoms with E-state index in [0.717, 1.165) is 11.1 Å². The van der Waals surface area contributed by atoms with Crippen LogP contribution in [0.1, 0.15) is 40.5 Å².